The molecule has 1 aromatic heterocycles. The smallest absolute Gasteiger partial charge is 0.262 e. The number of anilines is 2. The van der Waals surface area contributed by atoms with Gasteiger partial charge in [-0.15, -0.1) is 0 Å². The molecule has 0 radical (unpaired) electrons. The van der Waals surface area contributed by atoms with Crippen LogP contribution >= 0.6 is 11.5 Å². The van der Waals surface area contributed by atoms with Crippen LogP contribution in [0, 0.1) is 0 Å². The quantitative estimate of drug-likeness (QED) is 0.492. The number of amides is 2. The fraction of sp³-hybridized carbons (Fsp3) is 0.0556. The SMILES string of the molecule is NC(=O)c1snc(-c2ccc(N(C=O)OCc3ccccc3)cc2)c1N. The van der Waals surface area contributed by atoms with Gasteiger partial charge in [0.2, 0.25) is 6.41 Å². The Kier molecular flexibility index (Phi) is 5.26. The van der Waals surface area contributed by atoms with Gasteiger partial charge in [-0.3, -0.25) is 14.4 Å². The molecule has 7 nitrogen and oxygen atoms in total. The summed E-state index contributed by atoms with van der Waals surface area (Å²) >= 11 is 0.959. The number of hydrogen-bond acceptors (Lipinski definition) is 6. The minimum absolute atomic E-state index is 0.227. The van der Waals surface area contributed by atoms with E-state index < -0.39 is 5.91 Å². The predicted octanol–water partition coefficient (Wildman–Crippen LogP) is 2.59. The maximum absolute atomic E-state index is 11.3. The molecule has 0 fully saturated rings. The molecule has 0 atom stereocenters. The van der Waals surface area contributed by atoms with Crippen molar-refractivity contribution in [3.63, 3.8) is 0 Å². The lowest BCUT2D eigenvalue weighted by Gasteiger charge is -2.17. The summed E-state index contributed by atoms with van der Waals surface area (Å²) in [5, 5.41) is 1.15. The zero-order valence-corrected chi connectivity index (χ0v) is 14.5. The number of hydroxylamine groups is 1. The molecule has 0 saturated carbocycles. The highest BCUT2D eigenvalue weighted by molar-refractivity contribution is 7.09. The number of carbonyl (C=O) groups is 2. The Morgan fingerprint density at radius 2 is 1.85 bits per heavy atom. The highest BCUT2D eigenvalue weighted by atomic mass is 32.1. The van der Waals surface area contributed by atoms with E-state index in [1.807, 2.05) is 30.3 Å². The molecule has 132 valence electrons. The molecule has 0 unspecified atom stereocenters. The molecular weight excluding hydrogens is 352 g/mol. The Hall–Kier alpha value is -3.23. The number of hydrogen-bond donors (Lipinski definition) is 2. The molecule has 26 heavy (non-hydrogen) atoms. The molecule has 1 heterocycles. The fourth-order valence-corrected chi connectivity index (χ4v) is 3.00. The highest BCUT2D eigenvalue weighted by Gasteiger charge is 2.16. The first-order valence-corrected chi connectivity index (χ1v) is 8.44. The second-order valence-corrected chi connectivity index (χ2v) is 6.15. The van der Waals surface area contributed by atoms with Crippen molar-refractivity contribution in [3.05, 3.63) is 65.0 Å². The summed E-state index contributed by atoms with van der Waals surface area (Å²) in [6, 6.07) is 16.4. The second-order valence-electron chi connectivity index (χ2n) is 5.38. The zero-order chi connectivity index (χ0) is 18.5. The summed E-state index contributed by atoms with van der Waals surface area (Å²) in [7, 11) is 0. The molecule has 3 aromatic rings. The van der Waals surface area contributed by atoms with Crippen LogP contribution in [0.4, 0.5) is 11.4 Å². The van der Waals surface area contributed by atoms with Crippen molar-refractivity contribution in [1.29, 1.82) is 0 Å². The largest absolute Gasteiger partial charge is 0.396 e. The van der Waals surface area contributed by atoms with Gasteiger partial charge in [-0.05, 0) is 29.2 Å². The zero-order valence-electron chi connectivity index (χ0n) is 13.7. The van der Waals surface area contributed by atoms with Gasteiger partial charge in [-0.25, -0.2) is 0 Å². The Morgan fingerprint density at radius 1 is 1.15 bits per heavy atom. The van der Waals surface area contributed by atoms with Gasteiger partial charge in [0.15, 0.2) is 0 Å². The summed E-state index contributed by atoms with van der Waals surface area (Å²) in [5.74, 6) is -0.607. The lowest BCUT2D eigenvalue weighted by atomic mass is 10.1. The van der Waals surface area contributed by atoms with Crippen LogP contribution in [-0.4, -0.2) is 16.7 Å². The lowest BCUT2D eigenvalue weighted by Crippen LogP contribution is -2.21. The maximum atomic E-state index is 11.3. The van der Waals surface area contributed by atoms with E-state index >= 15 is 0 Å². The monoisotopic (exact) mass is 368 g/mol. The molecule has 4 N–H and O–H groups in total. The van der Waals surface area contributed by atoms with E-state index in [1.165, 1.54) is 0 Å². The number of nitrogen functional groups attached to an aromatic ring is 1. The van der Waals surface area contributed by atoms with Crippen LogP contribution in [0.1, 0.15) is 15.2 Å². The van der Waals surface area contributed by atoms with E-state index in [1.54, 1.807) is 24.3 Å². The minimum Gasteiger partial charge on any atom is -0.396 e. The van der Waals surface area contributed by atoms with Crippen LogP contribution in [0.3, 0.4) is 0 Å². The normalized spacial score (nSPS) is 10.5. The van der Waals surface area contributed by atoms with E-state index in [4.69, 9.17) is 16.3 Å². The predicted molar refractivity (Wildman–Crippen MR) is 100 cm³/mol. The fourth-order valence-electron chi connectivity index (χ4n) is 2.33. The highest BCUT2D eigenvalue weighted by Crippen LogP contribution is 2.31. The van der Waals surface area contributed by atoms with Gasteiger partial charge in [0.25, 0.3) is 5.91 Å². The third-order valence-electron chi connectivity index (χ3n) is 3.66. The van der Waals surface area contributed by atoms with E-state index in [-0.39, 0.29) is 17.2 Å². The standard InChI is InChI=1S/C18H16N4O3S/c19-15-16(21-26-17(15)18(20)24)13-6-8-14(9-7-13)22(11-23)25-10-12-4-2-1-3-5-12/h1-9,11H,10,19H2,(H2,20,24). The van der Waals surface area contributed by atoms with Gasteiger partial charge in [0.1, 0.15) is 17.2 Å². The third kappa shape index (κ3) is 3.71. The first-order chi connectivity index (χ1) is 12.6. The van der Waals surface area contributed by atoms with Gasteiger partial charge < -0.3 is 11.5 Å². The molecule has 0 saturated heterocycles. The number of carbonyl (C=O) groups excluding carboxylic acids is 2. The van der Waals surface area contributed by atoms with Gasteiger partial charge in [-0.1, -0.05) is 42.5 Å². The van der Waals surface area contributed by atoms with E-state index in [0.717, 1.165) is 22.2 Å². The van der Waals surface area contributed by atoms with E-state index in [2.05, 4.69) is 4.37 Å². The Bertz CT molecular complexity index is 910. The lowest BCUT2D eigenvalue weighted by molar-refractivity contribution is -0.114. The summed E-state index contributed by atoms with van der Waals surface area (Å²) in [6.45, 7) is 0.266. The molecular formula is C18H16N4O3S. The van der Waals surface area contributed by atoms with Crippen molar-refractivity contribution in [2.24, 2.45) is 5.73 Å². The summed E-state index contributed by atoms with van der Waals surface area (Å²) in [5.41, 5.74) is 14.1. The molecule has 0 aliphatic heterocycles. The van der Waals surface area contributed by atoms with Crippen molar-refractivity contribution in [1.82, 2.24) is 4.37 Å². The first kappa shape index (κ1) is 17.6. The van der Waals surface area contributed by atoms with Crippen LogP contribution in [0.15, 0.2) is 54.6 Å². The average Bonchev–Trinajstić information content (AvgIpc) is 3.05. The molecule has 0 spiro atoms. The number of rotatable bonds is 7. The number of benzene rings is 2. The summed E-state index contributed by atoms with van der Waals surface area (Å²) in [4.78, 5) is 28.4. The first-order valence-electron chi connectivity index (χ1n) is 7.67. The molecule has 0 bridgehead atoms. The number of nitrogens with two attached hydrogens (primary N) is 2. The second kappa shape index (κ2) is 7.77. The summed E-state index contributed by atoms with van der Waals surface area (Å²) < 4.78 is 4.18. The number of primary amides is 1. The van der Waals surface area contributed by atoms with Crippen molar-refractivity contribution in [2.75, 3.05) is 10.8 Å². The van der Waals surface area contributed by atoms with Crippen LogP contribution in [0.25, 0.3) is 11.3 Å². The van der Waals surface area contributed by atoms with Gasteiger partial charge >= 0.3 is 0 Å². The van der Waals surface area contributed by atoms with Crippen LogP contribution in [-0.2, 0) is 16.2 Å². The van der Waals surface area contributed by atoms with Crippen LogP contribution < -0.4 is 16.5 Å². The Balaban J connectivity index is 1.75. The summed E-state index contributed by atoms with van der Waals surface area (Å²) in [6.07, 6.45) is 0.598. The molecule has 2 amide bonds. The van der Waals surface area contributed by atoms with E-state index in [0.29, 0.717) is 23.4 Å². The van der Waals surface area contributed by atoms with Crippen molar-refractivity contribution < 1.29 is 14.4 Å². The van der Waals surface area contributed by atoms with E-state index in [9.17, 15) is 9.59 Å². The van der Waals surface area contributed by atoms with Gasteiger partial charge in [-0.2, -0.15) is 9.44 Å². The van der Waals surface area contributed by atoms with Crippen LogP contribution in [0.2, 0.25) is 0 Å². The average molecular weight is 368 g/mol. The molecule has 3 rings (SSSR count). The Labute approximate surface area is 153 Å². The van der Waals surface area contributed by atoms with Crippen molar-refractivity contribution >= 4 is 35.2 Å². The molecule has 8 heteroatoms. The molecule has 0 aliphatic rings. The van der Waals surface area contributed by atoms with Crippen molar-refractivity contribution in [2.45, 2.75) is 6.61 Å². The van der Waals surface area contributed by atoms with Crippen LogP contribution in [0.5, 0.6) is 0 Å². The molecule has 0 aliphatic carbocycles. The van der Waals surface area contributed by atoms with Crippen molar-refractivity contribution in [3.8, 4) is 11.3 Å². The minimum atomic E-state index is -0.607. The number of aromatic nitrogens is 1. The maximum Gasteiger partial charge on any atom is 0.262 e. The Morgan fingerprint density at radius 3 is 2.42 bits per heavy atom. The topological polar surface area (TPSA) is 112 Å². The third-order valence-corrected chi connectivity index (χ3v) is 4.53. The molecule has 2 aromatic carbocycles. The number of nitrogens with zero attached hydrogens (tertiary/aromatic N) is 2. The van der Waals surface area contributed by atoms with Gasteiger partial charge in [0.05, 0.1) is 11.4 Å². The van der Waals surface area contributed by atoms with Gasteiger partial charge in [0, 0.05) is 5.56 Å².